The molecule has 1 amide bonds. The van der Waals surface area contributed by atoms with Crippen LogP contribution in [0.25, 0.3) is 10.2 Å². The number of carbonyl (C=O) groups is 1. The first-order chi connectivity index (χ1) is 9.65. The number of rotatable bonds is 4. The Labute approximate surface area is 119 Å². The Bertz CT molecular complexity index is 706. The summed E-state index contributed by atoms with van der Waals surface area (Å²) in [5.74, 6) is 0.832. The van der Waals surface area contributed by atoms with Crippen LogP contribution in [-0.4, -0.2) is 32.2 Å². The molecule has 3 rings (SSSR count). The zero-order chi connectivity index (χ0) is 14.1. The molecule has 104 valence electrons. The summed E-state index contributed by atoms with van der Waals surface area (Å²) in [5.41, 5.74) is 0.952. The third-order valence-corrected chi connectivity index (χ3v) is 4.32. The smallest absolute Gasteiger partial charge is 0.261 e. The minimum Gasteiger partial charge on any atom is -0.351 e. The normalized spacial score (nSPS) is 11.1. The molecule has 0 bridgehead atoms. The number of H-pyrrole nitrogens is 1. The van der Waals surface area contributed by atoms with Gasteiger partial charge in [0.2, 0.25) is 0 Å². The van der Waals surface area contributed by atoms with Gasteiger partial charge in [-0.3, -0.25) is 9.48 Å². The average molecular weight is 289 g/mol. The van der Waals surface area contributed by atoms with E-state index in [9.17, 15) is 4.79 Å². The number of fused-ring (bicyclic) bond motifs is 1. The number of nitrogens with zero attached hydrogens (tertiary/aromatic N) is 3. The first-order valence-electron chi connectivity index (χ1n) is 6.35. The lowest BCUT2D eigenvalue weighted by Crippen LogP contribution is -2.25. The summed E-state index contributed by atoms with van der Waals surface area (Å²) in [6.07, 6.45) is 4.18. The Kier molecular flexibility index (Phi) is 3.27. The largest absolute Gasteiger partial charge is 0.351 e. The van der Waals surface area contributed by atoms with Crippen LogP contribution in [0.15, 0.2) is 18.5 Å². The van der Waals surface area contributed by atoms with E-state index in [1.807, 2.05) is 24.7 Å². The summed E-state index contributed by atoms with van der Waals surface area (Å²) in [5, 5.41) is 8.29. The molecular weight excluding hydrogens is 274 g/mol. The summed E-state index contributed by atoms with van der Waals surface area (Å²) in [6.45, 7) is 2.52. The molecule has 6 nitrogen and oxygen atoms in total. The number of aromatic amines is 1. The van der Waals surface area contributed by atoms with E-state index in [0.717, 1.165) is 26.6 Å². The van der Waals surface area contributed by atoms with Crippen molar-refractivity contribution in [1.82, 2.24) is 25.1 Å². The van der Waals surface area contributed by atoms with E-state index in [-0.39, 0.29) is 5.91 Å². The van der Waals surface area contributed by atoms with Gasteiger partial charge < -0.3 is 10.3 Å². The van der Waals surface area contributed by atoms with Gasteiger partial charge in [0.05, 0.1) is 10.6 Å². The highest BCUT2D eigenvalue weighted by molar-refractivity contribution is 7.20. The molecule has 0 aliphatic rings. The van der Waals surface area contributed by atoms with Crippen LogP contribution in [0.1, 0.15) is 21.2 Å². The van der Waals surface area contributed by atoms with E-state index in [4.69, 9.17) is 0 Å². The van der Waals surface area contributed by atoms with Gasteiger partial charge in [0.25, 0.3) is 5.91 Å². The molecule has 7 heteroatoms. The van der Waals surface area contributed by atoms with Gasteiger partial charge in [-0.05, 0) is 13.0 Å². The predicted molar refractivity (Wildman–Crippen MR) is 78.0 cm³/mol. The zero-order valence-electron chi connectivity index (χ0n) is 11.3. The van der Waals surface area contributed by atoms with Crippen molar-refractivity contribution in [3.8, 4) is 0 Å². The van der Waals surface area contributed by atoms with Crippen molar-refractivity contribution in [3.05, 3.63) is 34.9 Å². The summed E-state index contributed by atoms with van der Waals surface area (Å²) in [6, 6.07) is 1.91. The Morgan fingerprint density at radius 1 is 1.55 bits per heavy atom. The molecule has 0 radical (unpaired) electrons. The first-order valence-corrected chi connectivity index (χ1v) is 7.16. The van der Waals surface area contributed by atoms with E-state index in [0.29, 0.717) is 13.0 Å². The maximum absolute atomic E-state index is 12.1. The Hall–Kier alpha value is -2.15. The van der Waals surface area contributed by atoms with E-state index >= 15 is 0 Å². The van der Waals surface area contributed by atoms with Crippen LogP contribution in [-0.2, 0) is 13.5 Å². The lowest BCUT2D eigenvalue weighted by molar-refractivity contribution is 0.0958. The molecule has 0 unspecified atom stereocenters. The van der Waals surface area contributed by atoms with Crippen molar-refractivity contribution in [2.45, 2.75) is 13.3 Å². The third kappa shape index (κ3) is 2.32. The van der Waals surface area contributed by atoms with E-state index in [1.165, 1.54) is 11.3 Å². The molecule has 3 heterocycles. The molecule has 2 N–H and O–H groups in total. The lowest BCUT2D eigenvalue weighted by atomic mass is 10.3. The minimum absolute atomic E-state index is 0.0443. The topological polar surface area (TPSA) is 75.6 Å². The molecule has 0 aliphatic carbocycles. The number of aromatic nitrogens is 4. The third-order valence-electron chi connectivity index (χ3n) is 3.12. The van der Waals surface area contributed by atoms with Crippen molar-refractivity contribution in [3.63, 3.8) is 0 Å². The summed E-state index contributed by atoms with van der Waals surface area (Å²) in [7, 11) is 1.89. The number of imidazole rings is 1. The Morgan fingerprint density at radius 3 is 3.10 bits per heavy atom. The van der Waals surface area contributed by atoms with Gasteiger partial charge >= 0.3 is 0 Å². The molecule has 0 fully saturated rings. The Balaban J connectivity index is 1.67. The van der Waals surface area contributed by atoms with Gasteiger partial charge in [-0.15, -0.1) is 11.3 Å². The average Bonchev–Trinajstić information content (AvgIpc) is 3.11. The number of aryl methyl sites for hydroxylation is 2. The fourth-order valence-electron chi connectivity index (χ4n) is 2.13. The van der Waals surface area contributed by atoms with E-state index < -0.39 is 0 Å². The van der Waals surface area contributed by atoms with Crippen molar-refractivity contribution >= 4 is 27.5 Å². The van der Waals surface area contributed by atoms with Crippen LogP contribution < -0.4 is 5.32 Å². The van der Waals surface area contributed by atoms with Gasteiger partial charge in [-0.1, -0.05) is 0 Å². The van der Waals surface area contributed by atoms with E-state index in [2.05, 4.69) is 20.4 Å². The van der Waals surface area contributed by atoms with Gasteiger partial charge in [0.1, 0.15) is 10.7 Å². The van der Waals surface area contributed by atoms with E-state index in [1.54, 1.807) is 12.4 Å². The molecular formula is C13H15N5OS. The fourth-order valence-corrected chi connectivity index (χ4v) is 3.17. The molecule has 0 saturated heterocycles. The zero-order valence-corrected chi connectivity index (χ0v) is 12.1. The molecule has 0 saturated carbocycles. The molecule has 0 atom stereocenters. The number of hydrogen-bond donors (Lipinski definition) is 2. The highest BCUT2D eigenvalue weighted by Crippen LogP contribution is 2.27. The van der Waals surface area contributed by atoms with Gasteiger partial charge in [-0.2, -0.15) is 5.10 Å². The van der Waals surface area contributed by atoms with Gasteiger partial charge in [0.15, 0.2) is 0 Å². The van der Waals surface area contributed by atoms with Gasteiger partial charge in [-0.25, -0.2) is 4.98 Å². The second-order valence-electron chi connectivity index (χ2n) is 4.58. The molecule has 3 aromatic heterocycles. The monoisotopic (exact) mass is 289 g/mol. The lowest BCUT2D eigenvalue weighted by Gasteiger charge is -2.01. The van der Waals surface area contributed by atoms with Crippen LogP contribution in [0.3, 0.4) is 0 Å². The van der Waals surface area contributed by atoms with Crippen molar-refractivity contribution in [2.75, 3.05) is 6.54 Å². The molecule has 20 heavy (non-hydrogen) atoms. The second-order valence-corrected chi connectivity index (χ2v) is 5.61. The molecule has 3 aromatic rings. The van der Waals surface area contributed by atoms with Crippen LogP contribution in [0, 0.1) is 6.92 Å². The van der Waals surface area contributed by atoms with Gasteiger partial charge in [0, 0.05) is 37.8 Å². The number of thiophene rings is 1. The minimum atomic E-state index is -0.0443. The standard InChI is InChI=1S/C13H15N5OS/c1-8-9-7-10(20-13(9)18(2)17-8)12(19)16-4-3-11-14-5-6-15-11/h5-7H,3-4H2,1-2H3,(H,14,15)(H,16,19). The van der Waals surface area contributed by atoms with Crippen LogP contribution in [0.5, 0.6) is 0 Å². The quantitative estimate of drug-likeness (QED) is 0.766. The highest BCUT2D eigenvalue weighted by atomic mass is 32.1. The van der Waals surface area contributed by atoms with Crippen molar-refractivity contribution < 1.29 is 4.79 Å². The van der Waals surface area contributed by atoms with Crippen LogP contribution >= 0.6 is 11.3 Å². The SMILES string of the molecule is Cc1nn(C)c2sc(C(=O)NCCc3ncc[nH]3)cc12. The molecule has 0 aliphatic heterocycles. The first kappa shape index (κ1) is 12.9. The fraction of sp³-hybridized carbons (Fsp3) is 0.308. The summed E-state index contributed by atoms with van der Waals surface area (Å²) < 4.78 is 1.81. The maximum atomic E-state index is 12.1. The molecule has 0 spiro atoms. The van der Waals surface area contributed by atoms with Crippen LogP contribution in [0.4, 0.5) is 0 Å². The number of amides is 1. The summed E-state index contributed by atoms with van der Waals surface area (Å²) in [4.78, 5) is 21.0. The second kappa shape index (κ2) is 5.09. The Morgan fingerprint density at radius 2 is 2.40 bits per heavy atom. The van der Waals surface area contributed by atoms with Crippen molar-refractivity contribution in [1.29, 1.82) is 0 Å². The van der Waals surface area contributed by atoms with Crippen molar-refractivity contribution in [2.24, 2.45) is 7.05 Å². The highest BCUT2D eigenvalue weighted by Gasteiger charge is 2.14. The number of nitrogens with one attached hydrogen (secondary N) is 2. The predicted octanol–water partition coefficient (Wildman–Crippen LogP) is 1.64. The molecule has 0 aromatic carbocycles. The van der Waals surface area contributed by atoms with Crippen LogP contribution in [0.2, 0.25) is 0 Å². The summed E-state index contributed by atoms with van der Waals surface area (Å²) >= 11 is 1.47. The maximum Gasteiger partial charge on any atom is 0.261 e. The number of hydrogen-bond acceptors (Lipinski definition) is 4. The number of carbonyl (C=O) groups excluding carboxylic acids is 1.